The molecule has 1 nitrogen and oxygen atoms in total. The Bertz CT molecular complexity index is 982. The smallest absolute Gasteiger partial charge is 0.131 e. The van der Waals surface area contributed by atoms with E-state index >= 15 is 0 Å². The minimum Gasteiger partial charge on any atom is -0.393 e. The molecule has 0 radical (unpaired) electrons. The molecule has 0 aliphatic carbocycles. The number of benzene rings is 3. The molecule has 0 aliphatic heterocycles. The largest absolute Gasteiger partial charge is 0.393 e. The van der Waals surface area contributed by atoms with Gasteiger partial charge in [-0.2, -0.15) is 0 Å². The van der Waals surface area contributed by atoms with Crippen LogP contribution in [0.4, 0.5) is 4.39 Å². The van der Waals surface area contributed by atoms with Crippen molar-refractivity contribution in [1.29, 1.82) is 0 Å². The summed E-state index contributed by atoms with van der Waals surface area (Å²) < 4.78 is 14.7. The molecule has 3 aromatic carbocycles. The topological polar surface area (TPSA) is 20.2 Å². The molecule has 3 aromatic rings. The highest BCUT2D eigenvalue weighted by Crippen LogP contribution is 2.28. The highest BCUT2D eigenvalue weighted by atomic mass is 19.1. The Kier molecular flexibility index (Phi) is 7.75. The van der Waals surface area contributed by atoms with Crippen molar-refractivity contribution in [1.82, 2.24) is 0 Å². The van der Waals surface area contributed by atoms with E-state index in [0.29, 0.717) is 5.56 Å². The summed E-state index contributed by atoms with van der Waals surface area (Å²) in [7, 11) is 0. The lowest BCUT2D eigenvalue weighted by Crippen LogP contribution is -1.97. The van der Waals surface area contributed by atoms with Gasteiger partial charge in [0, 0.05) is 5.56 Å². The van der Waals surface area contributed by atoms with Gasteiger partial charge in [0.1, 0.15) is 5.82 Å². The van der Waals surface area contributed by atoms with Crippen LogP contribution in [-0.4, -0.2) is 11.2 Å². The number of unbranched alkanes of at least 4 members (excludes halogenated alkanes) is 1. The molecule has 3 rings (SSSR count). The van der Waals surface area contributed by atoms with E-state index in [1.54, 1.807) is 13.0 Å². The molecule has 0 spiro atoms. The van der Waals surface area contributed by atoms with Crippen molar-refractivity contribution in [2.24, 2.45) is 0 Å². The molecule has 0 fully saturated rings. The van der Waals surface area contributed by atoms with Crippen molar-refractivity contribution in [3.8, 4) is 22.3 Å². The van der Waals surface area contributed by atoms with Crippen LogP contribution >= 0.6 is 0 Å². The maximum Gasteiger partial charge on any atom is 0.131 e. The van der Waals surface area contributed by atoms with E-state index < -0.39 is 0 Å². The Morgan fingerprint density at radius 1 is 0.933 bits per heavy atom. The van der Waals surface area contributed by atoms with Gasteiger partial charge in [-0.25, -0.2) is 4.39 Å². The molecule has 0 amide bonds. The summed E-state index contributed by atoms with van der Waals surface area (Å²) in [6.07, 6.45) is 9.07. The summed E-state index contributed by atoms with van der Waals surface area (Å²) in [5.74, 6) is -0.220. The van der Waals surface area contributed by atoms with Crippen LogP contribution in [0.2, 0.25) is 0 Å². The number of rotatable bonds is 9. The van der Waals surface area contributed by atoms with Crippen LogP contribution in [0.1, 0.15) is 37.3 Å². The summed E-state index contributed by atoms with van der Waals surface area (Å²) >= 11 is 0. The molecule has 2 heteroatoms. The van der Waals surface area contributed by atoms with Gasteiger partial charge < -0.3 is 5.11 Å². The van der Waals surface area contributed by atoms with E-state index in [0.717, 1.165) is 47.9 Å². The molecule has 0 saturated heterocycles. The van der Waals surface area contributed by atoms with Gasteiger partial charge in [0.2, 0.25) is 0 Å². The van der Waals surface area contributed by atoms with Crippen molar-refractivity contribution >= 4 is 6.08 Å². The minimum atomic E-state index is -0.266. The van der Waals surface area contributed by atoms with Crippen molar-refractivity contribution in [3.05, 3.63) is 102 Å². The molecular weight excluding hydrogens is 371 g/mol. The van der Waals surface area contributed by atoms with E-state index in [1.165, 1.54) is 5.56 Å². The van der Waals surface area contributed by atoms with Gasteiger partial charge in [-0.05, 0) is 66.5 Å². The standard InChI is InChI=1S/C28H29FO/c1-3-7-22-10-13-24(14-11-22)25-15-17-26(18-16-25)27-19-12-23(20-28(27)29)9-6-4-5-8-21(2)30/h3,6,9-21,30H,1,4-5,7-8H2,2H3. The van der Waals surface area contributed by atoms with Gasteiger partial charge in [0.15, 0.2) is 0 Å². The van der Waals surface area contributed by atoms with E-state index in [1.807, 2.05) is 54.6 Å². The molecule has 1 atom stereocenters. The quantitative estimate of drug-likeness (QED) is 0.292. The van der Waals surface area contributed by atoms with E-state index in [9.17, 15) is 9.50 Å². The van der Waals surface area contributed by atoms with Gasteiger partial charge >= 0.3 is 0 Å². The van der Waals surface area contributed by atoms with Crippen LogP contribution in [0.5, 0.6) is 0 Å². The van der Waals surface area contributed by atoms with Crippen LogP contribution in [0.3, 0.4) is 0 Å². The summed E-state index contributed by atoms with van der Waals surface area (Å²) in [5.41, 5.74) is 5.82. The number of aliphatic hydroxyl groups excluding tert-OH is 1. The second kappa shape index (κ2) is 10.7. The highest BCUT2D eigenvalue weighted by molar-refractivity contribution is 5.71. The number of allylic oxidation sites excluding steroid dienone is 2. The molecular formula is C28H29FO. The lowest BCUT2D eigenvalue weighted by Gasteiger charge is -2.08. The Balaban J connectivity index is 1.68. The lowest BCUT2D eigenvalue weighted by atomic mass is 9.98. The van der Waals surface area contributed by atoms with Gasteiger partial charge in [-0.15, -0.1) is 6.58 Å². The third kappa shape index (κ3) is 6.01. The zero-order chi connectivity index (χ0) is 21.3. The van der Waals surface area contributed by atoms with E-state index in [2.05, 4.69) is 30.8 Å². The number of hydrogen-bond acceptors (Lipinski definition) is 1. The fraction of sp³-hybridized carbons (Fsp3) is 0.214. The molecule has 154 valence electrons. The van der Waals surface area contributed by atoms with Gasteiger partial charge in [0.05, 0.1) is 6.10 Å². The zero-order valence-electron chi connectivity index (χ0n) is 17.5. The maximum absolute atomic E-state index is 14.7. The first-order valence-corrected chi connectivity index (χ1v) is 10.5. The summed E-state index contributed by atoms with van der Waals surface area (Å²) in [6, 6.07) is 21.8. The molecule has 0 heterocycles. The van der Waals surface area contributed by atoms with Crippen molar-refractivity contribution in [2.45, 2.75) is 38.7 Å². The summed E-state index contributed by atoms with van der Waals surface area (Å²) in [5, 5.41) is 9.28. The van der Waals surface area contributed by atoms with Crippen LogP contribution in [0, 0.1) is 5.82 Å². The molecule has 0 saturated carbocycles. The van der Waals surface area contributed by atoms with Crippen LogP contribution in [-0.2, 0) is 6.42 Å². The van der Waals surface area contributed by atoms with Gasteiger partial charge in [-0.3, -0.25) is 0 Å². The second-order valence-corrected chi connectivity index (χ2v) is 7.69. The predicted octanol–water partition coefficient (Wildman–Crippen LogP) is 7.45. The second-order valence-electron chi connectivity index (χ2n) is 7.69. The van der Waals surface area contributed by atoms with E-state index in [-0.39, 0.29) is 11.9 Å². The van der Waals surface area contributed by atoms with Crippen LogP contribution in [0.15, 0.2) is 85.5 Å². The van der Waals surface area contributed by atoms with Crippen LogP contribution in [0.25, 0.3) is 28.3 Å². The molecule has 30 heavy (non-hydrogen) atoms. The monoisotopic (exact) mass is 400 g/mol. The van der Waals surface area contributed by atoms with Crippen LogP contribution < -0.4 is 0 Å². The molecule has 1 unspecified atom stereocenters. The first-order chi connectivity index (χ1) is 14.6. The zero-order valence-corrected chi connectivity index (χ0v) is 17.5. The third-order valence-electron chi connectivity index (χ3n) is 5.16. The maximum atomic E-state index is 14.7. The summed E-state index contributed by atoms with van der Waals surface area (Å²) in [4.78, 5) is 0. The first kappa shape index (κ1) is 21.7. The van der Waals surface area contributed by atoms with E-state index in [4.69, 9.17) is 0 Å². The first-order valence-electron chi connectivity index (χ1n) is 10.5. The van der Waals surface area contributed by atoms with Gasteiger partial charge in [-0.1, -0.05) is 78.9 Å². The fourth-order valence-corrected chi connectivity index (χ4v) is 3.46. The Hall–Kier alpha value is -2.97. The fourth-order valence-electron chi connectivity index (χ4n) is 3.46. The number of hydrogen-bond donors (Lipinski definition) is 1. The normalized spacial score (nSPS) is 12.2. The number of halogens is 1. The van der Waals surface area contributed by atoms with Crippen molar-refractivity contribution in [2.75, 3.05) is 0 Å². The molecule has 1 N–H and O–H groups in total. The Morgan fingerprint density at radius 2 is 1.57 bits per heavy atom. The predicted molar refractivity (Wildman–Crippen MR) is 126 cm³/mol. The third-order valence-corrected chi connectivity index (χ3v) is 5.16. The lowest BCUT2D eigenvalue weighted by molar-refractivity contribution is 0.182. The highest BCUT2D eigenvalue weighted by Gasteiger charge is 2.06. The Morgan fingerprint density at radius 3 is 2.17 bits per heavy atom. The van der Waals surface area contributed by atoms with Crippen molar-refractivity contribution in [3.63, 3.8) is 0 Å². The molecule has 0 aliphatic rings. The van der Waals surface area contributed by atoms with Gasteiger partial charge in [0.25, 0.3) is 0 Å². The molecule has 0 bridgehead atoms. The Labute approximate surface area is 179 Å². The molecule has 0 aromatic heterocycles. The minimum absolute atomic E-state index is 0.220. The SMILES string of the molecule is C=CCc1ccc(-c2ccc(-c3ccc(C=CCCCC(C)O)cc3F)cc2)cc1. The van der Waals surface area contributed by atoms with Crippen molar-refractivity contribution < 1.29 is 9.50 Å². The average Bonchev–Trinajstić information content (AvgIpc) is 2.74. The average molecular weight is 401 g/mol. The summed E-state index contributed by atoms with van der Waals surface area (Å²) in [6.45, 7) is 5.57. The number of aliphatic hydroxyl groups is 1.